The van der Waals surface area contributed by atoms with Crippen LogP contribution < -0.4 is 20.3 Å². The summed E-state index contributed by atoms with van der Waals surface area (Å²) in [6.45, 7) is 5.39. The van der Waals surface area contributed by atoms with E-state index >= 15 is 0 Å². The van der Waals surface area contributed by atoms with E-state index in [1.54, 1.807) is 4.57 Å². The molecule has 184 valence electrons. The van der Waals surface area contributed by atoms with Crippen LogP contribution in [0.1, 0.15) is 29.2 Å². The lowest BCUT2D eigenvalue weighted by Crippen LogP contribution is -2.29. The number of aromatic nitrogens is 1. The van der Waals surface area contributed by atoms with Gasteiger partial charge in [-0.05, 0) is 48.7 Å². The fourth-order valence-corrected chi connectivity index (χ4v) is 4.65. The van der Waals surface area contributed by atoms with Crippen molar-refractivity contribution in [1.29, 1.82) is 0 Å². The second-order valence-corrected chi connectivity index (χ2v) is 9.17. The standard InChI is InChI=1S/C30H30N2O4/c1-3-21-6-4-5-7-22(21)15-26(33)19-32-27-17-29-28(35-12-13-36-29)16-23(27)14-24(30(32)34)18-31-25-10-8-20(2)9-11-25/h4-11,14,16-17,31H,3,12-13,15,18-19H2,1-2H3. The van der Waals surface area contributed by atoms with Crippen LogP contribution >= 0.6 is 0 Å². The Labute approximate surface area is 210 Å². The van der Waals surface area contributed by atoms with Crippen molar-refractivity contribution < 1.29 is 14.3 Å². The number of anilines is 1. The minimum Gasteiger partial charge on any atom is -0.486 e. The van der Waals surface area contributed by atoms with Crippen LogP contribution in [0.5, 0.6) is 11.5 Å². The van der Waals surface area contributed by atoms with Gasteiger partial charge in [0.1, 0.15) is 13.2 Å². The smallest absolute Gasteiger partial charge is 0.256 e. The lowest BCUT2D eigenvalue weighted by atomic mass is 10.0. The highest BCUT2D eigenvalue weighted by atomic mass is 16.6. The number of benzene rings is 3. The van der Waals surface area contributed by atoms with E-state index in [-0.39, 0.29) is 24.3 Å². The molecule has 2 heterocycles. The Morgan fingerprint density at radius 1 is 0.917 bits per heavy atom. The van der Waals surface area contributed by atoms with Crippen molar-refractivity contribution in [3.63, 3.8) is 0 Å². The summed E-state index contributed by atoms with van der Waals surface area (Å²) in [5, 5.41) is 4.17. The van der Waals surface area contributed by atoms with Crippen LogP contribution in [0, 0.1) is 6.92 Å². The minimum absolute atomic E-state index is 0.00853. The summed E-state index contributed by atoms with van der Waals surface area (Å²) in [7, 11) is 0. The van der Waals surface area contributed by atoms with E-state index in [2.05, 4.69) is 12.2 Å². The van der Waals surface area contributed by atoms with Crippen LogP contribution in [0.3, 0.4) is 0 Å². The van der Waals surface area contributed by atoms with Gasteiger partial charge in [-0.25, -0.2) is 0 Å². The highest BCUT2D eigenvalue weighted by Gasteiger charge is 2.19. The molecular weight excluding hydrogens is 452 g/mol. The van der Waals surface area contributed by atoms with Gasteiger partial charge in [0.2, 0.25) is 0 Å². The number of ketones is 1. The number of fused-ring (bicyclic) bond motifs is 2. The molecule has 1 aliphatic rings. The zero-order valence-electron chi connectivity index (χ0n) is 20.7. The highest BCUT2D eigenvalue weighted by Crippen LogP contribution is 2.34. The third-order valence-electron chi connectivity index (χ3n) is 6.59. The van der Waals surface area contributed by atoms with Crippen molar-refractivity contribution in [2.45, 2.75) is 39.8 Å². The van der Waals surface area contributed by atoms with Crippen molar-refractivity contribution in [3.8, 4) is 11.5 Å². The summed E-state index contributed by atoms with van der Waals surface area (Å²) in [5.41, 5.74) is 5.33. The number of rotatable bonds is 8. The first-order valence-electron chi connectivity index (χ1n) is 12.4. The van der Waals surface area contributed by atoms with E-state index in [4.69, 9.17) is 9.47 Å². The second kappa shape index (κ2) is 10.3. The van der Waals surface area contributed by atoms with E-state index < -0.39 is 0 Å². The zero-order valence-corrected chi connectivity index (χ0v) is 20.7. The number of carbonyl (C=O) groups excluding carboxylic acids is 1. The van der Waals surface area contributed by atoms with Gasteiger partial charge >= 0.3 is 0 Å². The van der Waals surface area contributed by atoms with Gasteiger partial charge < -0.3 is 19.4 Å². The highest BCUT2D eigenvalue weighted by molar-refractivity contribution is 5.87. The van der Waals surface area contributed by atoms with Crippen molar-refractivity contribution in [2.24, 2.45) is 0 Å². The Kier molecular flexibility index (Phi) is 6.76. The maximum Gasteiger partial charge on any atom is 0.256 e. The minimum atomic E-state index is -0.184. The average molecular weight is 483 g/mol. The van der Waals surface area contributed by atoms with E-state index in [0.29, 0.717) is 42.3 Å². The van der Waals surface area contributed by atoms with E-state index in [0.717, 1.165) is 28.6 Å². The SMILES string of the molecule is CCc1ccccc1CC(=O)Cn1c(=O)c(CNc2ccc(C)cc2)cc2cc3c(cc21)OCCO3. The second-order valence-electron chi connectivity index (χ2n) is 9.17. The van der Waals surface area contributed by atoms with E-state index in [1.807, 2.05) is 73.7 Å². The number of pyridine rings is 1. The zero-order chi connectivity index (χ0) is 25.1. The molecule has 0 unspecified atom stereocenters. The lowest BCUT2D eigenvalue weighted by Gasteiger charge is -2.21. The predicted molar refractivity (Wildman–Crippen MR) is 142 cm³/mol. The van der Waals surface area contributed by atoms with E-state index in [1.165, 1.54) is 5.56 Å². The maximum atomic E-state index is 13.6. The predicted octanol–water partition coefficient (Wildman–Crippen LogP) is 5.07. The summed E-state index contributed by atoms with van der Waals surface area (Å²) < 4.78 is 13.1. The third-order valence-corrected chi connectivity index (χ3v) is 6.59. The van der Waals surface area contributed by atoms with Crippen molar-refractivity contribution in [1.82, 2.24) is 4.57 Å². The molecule has 0 amide bonds. The van der Waals surface area contributed by atoms with Gasteiger partial charge in [0.05, 0.1) is 12.1 Å². The first-order chi connectivity index (χ1) is 17.5. The molecule has 1 N–H and O–H groups in total. The first-order valence-corrected chi connectivity index (χ1v) is 12.4. The quantitative estimate of drug-likeness (QED) is 0.380. The van der Waals surface area contributed by atoms with Gasteiger partial charge in [0.25, 0.3) is 5.56 Å². The monoisotopic (exact) mass is 482 g/mol. The fourth-order valence-electron chi connectivity index (χ4n) is 4.65. The number of nitrogens with zero attached hydrogens (tertiary/aromatic N) is 1. The molecule has 0 saturated carbocycles. The van der Waals surface area contributed by atoms with Gasteiger partial charge in [-0.1, -0.05) is 48.9 Å². The van der Waals surface area contributed by atoms with Gasteiger partial charge in [-0.3, -0.25) is 9.59 Å². The Morgan fingerprint density at radius 3 is 2.33 bits per heavy atom. The number of Topliss-reactive ketones (excluding diaryl/α,β-unsaturated/α-hetero) is 1. The normalized spacial score (nSPS) is 12.5. The molecule has 36 heavy (non-hydrogen) atoms. The number of nitrogens with one attached hydrogen (secondary N) is 1. The van der Waals surface area contributed by atoms with Crippen LogP contribution in [-0.2, 0) is 30.7 Å². The number of hydrogen-bond acceptors (Lipinski definition) is 5. The van der Waals surface area contributed by atoms with Crippen LogP contribution in [0.15, 0.2) is 71.5 Å². The van der Waals surface area contributed by atoms with Crippen LogP contribution in [0.2, 0.25) is 0 Å². The van der Waals surface area contributed by atoms with E-state index in [9.17, 15) is 9.59 Å². The van der Waals surface area contributed by atoms with Crippen molar-refractivity contribution >= 4 is 22.4 Å². The molecule has 3 aromatic carbocycles. The molecule has 0 bridgehead atoms. The largest absolute Gasteiger partial charge is 0.486 e. The summed E-state index contributed by atoms with van der Waals surface area (Å²) in [5.74, 6) is 1.23. The lowest BCUT2D eigenvalue weighted by molar-refractivity contribution is -0.119. The summed E-state index contributed by atoms with van der Waals surface area (Å²) in [6, 6.07) is 21.6. The fraction of sp³-hybridized carbons (Fsp3) is 0.267. The molecule has 5 rings (SSSR count). The number of aryl methyl sites for hydroxylation is 2. The summed E-state index contributed by atoms with van der Waals surface area (Å²) in [4.78, 5) is 26.9. The molecule has 1 aromatic heterocycles. The van der Waals surface area contributed by atoms with Gasteiger partial charge in [-0.2, -0.15) is 0 Å². The first kappa shape index (κ1) is 23.7. The van der Waals surface area contributed by atoms with Crippen molar-refractivity contribution in [3.05, 3.63) is 99.3 Å². The van der Waals surface area contributed by atoms with Gasteiger partial charge in [-0.15, -0.1) is 0 Å². The average Bonchev–Trinajstić information content (AvgIpc) is 2.89. The maximum absolute atomic E-state index is 13.6. The number of hydrogen-bond donors (Lipinski definition) is 1. The molecule has 4 aromatic rings. The molecule has 0 atom stereocenters. The molecule has 6 nitrogen and oxygen atoms in total. The van der Waals surface area contributed by atoms with Gasteiger partial charge in [0, 0.05) is 35.7 Å². The molecule has 0 radical (unpaired) electrons. The number of ether oxygens (including phenoxy) is 2. The van der Waals surface area contributed by atoms with Crippen LogP contribution in [0.25, 0.3) is 10.9 Å². The van der Waals surface area contributed by atoms with Gasteiger partial charge in [0.15, 0.2) is 17.3 Å². The topological polar surface area (TPSA) is 69.6 Å². The Morgan fingerprint density at radius 2 is 1.61 bits per heavy atom. The molecule has 6 heteroatoms. The molecule has 0 saturated heterocycles. The molecule has 0 fully saturated rings. The Balaban J connectivity index is 1.51. The molecule has 1 aliphatic heterocycles. The Hall–Kier alpha value is -4.06. The molecule has 0 aliphatic carbocycles. The Bertz CT molecular complexity index is 1470. The van der Waals surface area contributed by atoms with Crippen LogP contribution in [-0.4, -0.2) is 23.6 Å². The summed E-state index contributed by atoms with van der Waals surface area (Å²) >= 11 is 0. The molecule has 0 spiro atoms. The number of carbonyl (C=O) groups is 1. The summed E-state index contributed by atoms with van der Waals surface area (Å²) in [6.07, 6.45) is 1.14. The van der Waals surface area contributed by atoms with Crippen LogP contribution in [0.4, 0.5) is 5.69 Å². The molecular formula is C30H30N2O4. The third kappa shape index (κ3) is 4.98. The van der Waals surface area contributed by atoms with Crippen molar-refractivity contribution in [2.75, 3.05) is 18.5 Å².